The molecular formula is C23H22ClN3O6. The first-order chi connectivity index (χ1) is 15.9. The molecule has 0 unspecified atom stereocenters. The van der Waals surface area contributed by atoms with Crippen LogP contribution in [0.3, 0.4) is 0 Å². The van der Waals surface area contributed by atoms with Gasteiger partial charge in [0, 0.05) is 42.3 Å². The highest BCUT2D eigenvalue weighted by atomic mass is 35.5. The normalized spacial score (nSPS) is 15.3. The second-order valence-corrected chi connectivity index (χ2v) is 8.11. The highest BCUT2D eigenvalue weighted by Crippen LogP contribution is 2.47. The number of oxazole rings is 1. The van der Waals surface area contributed by atoms with Gasteiger partial charge in [0.25, 0.3) is 5.91 Å². The van der Waals surface area contributed by atoms with Gasteiger partial charge in [-0.3, -0.25) is 4.79 Å². The molecule has 0 fully saturated rings. The summed E-state index contributed by atoms with van der Waals surface area (Å²) in [5, 5.41) is 11.2. The second kappa shape index (κ2) is 7.77. The first kappa shape index (κ1) is 21.3. The number of benzene rings is 2. The molecule has 4 aromatic rings. The summed E-state index contributed by atoms with van der Waals surface area (Å²) in [6, 6.07) is 5.04. The van der Waals surface area contributed by atoms with Crippen molar-refractivity contribution in [3.05, 3.63) is 35.3 Å². The number of alkyl halides is 1. The van der Waals surface area contributed by atoms with Crippen molar-refractivity contribution in [2.75, 3.05) is 38.7 Å². The molecule has 33 heavy (non-hydrogen) atoms. The zero-order valence-corrected chi connectivity index (χ0v) is 19.2. The third-order valence-corrected chi connectivity index (χ3v) is 6.33. The number of anilines is 1. The molecule has 3 heterocycles. The number of aromatic amines is 1. The summed E-state index contributed by atoms with van der Waals surface area (Å²) in [4.78, 5) is 22.8. The van der Waals surface area contributed by atoms with E-state index in [0.717, 1.165) is 10.9 Å². The number of hydrogen-bond donors (Lipinski definition) is 2. The van der Waals surface area contributed by atoms with Crippen molar-refractivity contribution in [2.24, 2.45) is 0 Å². The standard InChI is InChI=1S/C23H22ClN3O6/c1-10-25-19-17-12(8-24)9-27(14(17)7-15(28)20(19)33-10)23(29)13-5-11-6-16(30-2)21(31-3)22(32-4)18(11)26-13/h5-7,12,26,28H,8-9H2,1-4H3/t12-/m0/s1. The number of hydrogen-bond acceptors (Lipinski definition) is 7. The maximum atomic E-state index is 13.6. The number of amides is 1. The summed E-state index contributed by atoms with van der Waals surface area (Å²) < 4.78 is 22.0. The first-order valence-corrected chi connectivity index (χ1v) is 10.8. The predicted molar refractivity (Wildman–Crippen MR) is 124 cm³/mol. The van der Waals surface area contributed by atoms with E-state index in [-0.39, 0.29) is 23.5 Å². The van der Waals surface area contributed by atoms with Crippen LogP contribution < -0.4 is 19.1 Å². The third-order valence-electron chi connectivity index (χ3n) is 5.96. The van der Waals surface area contributed by atoms with E-state index < -0.39 is 0 Å². The zero-order valence-electron chi connectivity index (χ0n) is 18.5. The average Bonchev–Trinajstić information content (AvgIpc) is 3.51. The minimum atomic E-state index is -0.279. The molecule has 2 aromatic carbocycles. The SMILES string of the molecule is COc1cc2cc(C(=O)N3C[C@H](CCl)c4c3cc(O)c3oc(C)nc43)[nH]c2c(OC)c1OC. The van der Waals surface area contributed by atoms with Crippen LogP contribution in [0.5, 0.6) is 23.0 Å². The lowest BCUT2D eigenvalue weighted by Crippen LogP contribution is -2.30. The maximum absolute atomic E-state index is 13.6. The quantitative estimate of drug-likeness (QED) is 0.417. The van der Waals surface area contributed by atoms with Gasteiger partial charge in [0.1, 0.15) is 11.2 Å². The Bertz CT molecular complexity index is 1410. The predicted octanol–water partition coefficient (Wildman–Crippen LogP) is 4.33. The molecule has 1 aliphatic heterocycles. The van der Waals surface area contributed by atoms with Crippen LogP contribution in [-0.2, 0) is 0 Å². The van der Waals surface area contributed by atoms with E-state index in [9.17, 15) is 9.90 Å². The molecule has 0 saturated carbocycles. The molecule has 10 heteroatoms. The number of ether oxygens (including phenoxy) is 3. The van der Waals surface area contributed by atoms with Gasteiger partial charge in [-0.1, -0.05) is 0 Å². The zero-order chi connectivity index (χ0) is 23.4. The number of carbonyl (C=O) groups is 1. The summed E-state index contributed by atoms with van der Waals surface area (Å²) in [7, 11) is 4.58. The fourth-order valence-electron chi connectivity index (χ4n) is 4.54. The number of rotatable bonds is 5. The van der Waals surface area contributed by atoms with Crippen molar-refractivity contribution in [2.45, 2.75) is 12.8 Å². The molecule has 1 atom stereocenters. The maximum Gasteiger partial charge on any atom is 0.274 e. The Morgan fingerprint density at radius 2 is 2.00 bits per heavy atom. The van der Waals surface area contributed by atoms with Gasteiger partial charge >= 0.3 is 0 Å². The monoisotopic (exact) mass is 471 g/mol. The highest BCUT2D eigenvalue weighted by Gasteiger charge is 2.37. The van der Waals surface area contributed by atoms with Gasteiger partial charge in [0.15, 0.2) is 28.7 Å². The summed E-state index contributed by atoms with van der Waals surface area (Å²) in [6.07, 6.45) is 0. The van der Waals surface area contributed by atoms with Crippen molar-refractivity contribution in [3.63, 3.8) is 0 Å². The minimum Gasteiger partial charge on any atom is -0.504 e. The Balaban J connectivity index is 1.64. The molecule has 0 bridgehead atoms. The fraction of sp³-hybridized carbons (Fsp3) is 0.304. The molecule has 172 valence electrons. The number of phenolic OH excluding ortho intramolecular Hbond substituents is 1. The van der Waals surface area contributed by atoms with Crippen LogP contribution in [0.15, 0.2) is 22.6 Å². The summed E-state index contributed by atoms with van der Waals surface area (Å²) in [5.74, 6) is 1.55. The van der Waals surface area contributed by atoms with Gasteiger partial charge in [-0.2, -0.15) is 0 Å². The molecule has 0 spiro atoms. The number of H-pyrrole nitrogens is 1. The third kappa shape index (κ3) is 3.06. The summed E-state index contributed by atoms with van der Waals surface area (Å²) in [6.45, 7) is 2.06. The van der Waals surface area contributed by atoms with Crippen LogP contribution in [0, 0.1) is 6.92 Å². The van der Waals surface area contributed by atoms with Crippen molar-refractivity contribution >= 4 is 45.2 Å². The van der Waals surface area contributed by atoms with E-state index in [2.05, 4.69) is 9.97 Å². The topological polar surface area (TPSA) is 110 Å². The molecule has 9 nitrogen and oxygen atoms in total. The van der Waals surface area contributed by atoms with Crippen molar-refractivity contribution in [3.8, 4) is 23.0 Å². The number of halogens is 1. The number of aromatic nitrogens is 2. The summed E-state index contributed by atoms with van der Waals surface area (Å²) in [5.41, 5.74) is 3.12. The number of aryl methyl sites for hydroxylation is 1. The van der Waals surface area contributed by atoms with E-state index >= 15 is 0 Å². The number of nitrogens with one attached hydrogen (secondary N) is 1. The van der Waals surface area contributed by atoms with E-state index in [1.807, 2.05) is 0 Å². The van der Waals surface area contributed by atoms with Gasteiger partial charge in [-0.05, 0) is 12.1 Å². The Morgan fingerprint density at radius 3 is 2.67 bits per heavy atom. The molecular weight excluding hydrogens is 450 g/mol. The van der Waals surface area contributed by atoms with Gasteiger partial charge in [0.05, 0.1) is 32.5 Å². The number of aromatic hydroxyl groups is 1. The smallest absolute Gasteiger partial charge is 0.274 e. The lowest BCUT2D eigenvalue weighted by atomic mass is 10.0. The van der Waals surface area contributed by atoms with Gasteiger partial charge in [-0.15, -0.1) is 11.6 Å². The largest absolute Gasteiger partial charge is 0.504 e. The second-order valence-electron chi connectivity index (χ2n) is 7.80. The number of methoxy groups -OCH3 is 3. The molecule has 0 saturated heterocycles. The minimum absolute atomic E-state index is 0.0786. The molecule has 0 aliphatic carbocycles. The van der Waals surface area contributed by atoms with Crippen LogP contribution >= 0.6 is 11.6 Å². The van der Waals surface area contributed by atoms with Gasteiger partial charge in [0.2, 0.25) is 5.75 Å². The number of fused-ring (bicyclic) bond motifs is 4. The molecule has 1 aliphatic rings. The molecule has 2 aromatic heterocycles. The van der Waals surface area contributed by atoms with Gasteiger partial charge in [-0.25, -0.2) is 4.98 Å². The Hall–Kier alpha value is -3.59. The number of carbonyl (C=O) groups excluding carboxylic acids is 1. The van der Waals surface area contributed by atoms with Crippen LogP contribution in [-0.4, -0.2) is 54.7 Å². The van der Waals surface area contributed by atoms with Crippen LogP contribution in [0.1, 0.15) is 27.9 Å². The van der Waals surface area contributed by atoms with E-state index in [1.165, 1.54) is 27.4 Å². The Kier molecular flexibility index (Phi) is 5.01. The summed E-state index contributed by atoms with van der Waals surface area (Å²) >= 11 is 6.26. The van der Waals surface area contributed by atoms with Crippen LogP contribution in [0.25, 0.3) is 22.0 Å². The van der Waals surface area contributed by atoms with E-state index in [4.69, 9.17) is 30.2 Å². The van der Waals surface area contributed by atoms with E-state index in [0.29, 0.717) is 57.7 Å². The lowest BCUT2D eigenvalue weighted by Gasteiger charge is -2.17. The average molecular weight is 472 g/mol. The van der Waals surface area contributed by atoms with Gasteiger partial charge < -0.3 is 33.6 Å². The fourth-order valence-corrected chi connectivity index (χ4v) is 4.79. The molecule has 0 radical (unpaired) electrons. The van der Waals surface area contributed by atoms with E-state index in [1.54, 1.807) is 24.0 Å². The molecule has 2 N–H and O–H groups in total. The van der Waals surface area contributed by atoms with Crippen LogP contribution in [0.4, 0.5) is 5.69 Å². The molecule has 1 amide bonds. The van der Waals surface area contributed by atoms with Crippen LogP contribution in [0.2, 0.25) is 0 Å². The molecule has 5 rings (SSSR count). The first-order valence-electron chi connectivity index (χ1n) is 10.2. The lowest BCUT2D eigenvalue weighted by molar-refractivity contribution is 0.0984. The number of nitrogens with zero attached hydrogens (tertiary/aromatic N) is 2. The van der Waals surface area contributed by atoms with Crippen molar-refractivity contribution in [1.82, 2.24) is 9.97 Å². The van der Waals surface area contributed by atoms with Crippen molar-refractivity contribution < 1.29 is 28.5 Å². The van der Waals surface area contributed by atoms with Crippen molar-refractivity contribution in [1.29, 1.82) is 0 Å². The Morgan fingerprint density at radius 1 is 1.24 bits per heavy atom. The Labute approximate surface area is 193 Å². The highest BCUT2D eigenvalue weighted by molar-refractivity contribution is 6.19. The number of phenols is 1.